The van der Waals surface area contributed by atoms with Gasteiger partial charge in [0.2, 0.25) is 0 Å². The molecule has 1 aromatic carbocycles. The van der Waals surface area contributed by atoms with Crippen LogP contribution in [0.15, 0.2) is 47.6 Å². The van der Waals surface area contributed by atoms with Gasteiger partial charge in [0.15, 0.2) is 5.96 Å². The normalized spacial score (nSPS) is 15.5. The first-order chi connectivity index (χ1) is 12.1. The third-order valence-corrected chi connectivity index (χ3v) is 4.36. The van der Waals surface area contributed by atoms with Crippen LogP contribution in [0, 0.1) is 6.92 Å². The number of nitrogens with zero attached hydrogens (tertiary/aromatic N) is 4. The second kappa shape index (κ2) is 9.72. The number of nitrogens with one attached hydrogen (secondary N) is 1. The van der Waals surface area contributed by atoms with Crippen LogP contribution in [0.4, 0.5) is 11.5 Å². The van der Waals surface area contributed by atoms with Crippen LogP contribution >= 0.6 is 24.0 Å². The number of hydrogen-bond acceptors (Lipinski definition) is 4. The lowest BCUT2D eigenvalue weighted by atomic mass is 10.2. The zero-order chi connectivity index (χ0) is 17.6. The van der Waals surface area contributed by atoms with Crippen molar-refractivity contribution in [1.82, 2.24) is 9.88 Å². The lowest BCUT2D eigenvalue weighted by Gasteiger charge is -2.33. The third kappa shape index (κ3) is 5.84. The molecule has 1 aromatic heterocycles. The van der Waals surface area contributed by atoms with Crippen LogP contribution in [-0.4, -0.2) is 49.1 Å². The highest BCUT2D eigenvalue weighted by atomic mass is 127. The van der Waals surface area contributed by atoms with Gasteiger partial charge in [-0.15, -0.1) is 24.0 Å². The Hall–Kier alpha value is -1.87. The van der Waals surface area contributed by atoms with Gasteiger partial charge in [-0.1, -0.05) is 18.2 Å². The number of piperazine rings is 1. The highest BCUT2D eigenvalue weighted by Gasteiger charge is 2.14. The predicted molar refractivity (Wildman–Crippen MR) is 119 cm³/mol. The highest BCUT2D eigenvalue weighted by Crippen LogP contribution is 2.14. The van der Waals surface area contributed by atoms with Crippen molar-refractivity contribution in [2.24, 2.45) is 10.7 Å². The molecule has 2 aromatic rings. The maximum absolute atomic E-state index is 5.97. The number of halogens is 1. The average molecular weight is 466 g/mol. The fraction of sp³-hybridized carbons (Fsp3) is 0.368. The van der Waals surface area contributed by atoms with Crippen molar-refractivity contribution in [2.75, 3.05) is 43.4 Å². The van der Waals surface area contributed by atoms with E-state index in [9.17, 15) is 0 Å². The summed E-state index contributed by atoms with van der Waals surface area (Å²) in [6.45, 7) is 6.76. The third-order valence-electron chi connectivity index (χ3n) is 4.36. The standard InChI is InChI=1S/C19H26N6.HI/c1-15-4-3-5-17(12-15)23-19(20)22-14-16-6-7-18(21-13-16)25-10-8-24(2)9-11-25;/h3-7,12-13H,8-11,14H2,1-2H3,(H3,20,22,23);1H. The topological polar surface area (TPSA) is 69.8 Å². The summed E-state index contributed by atoms with van der Waals surface area (Å²) in [6.07, 6.45) is 1.89. The minimum Gasteiger partial charge on any atom is -0.370 e. The number of nitrogens with two attached hydrogens (primary N) is 1. The quantitative estimate of drug-likeness (QED) is 0.412. The number of hydrogen-bond donors (Lipinski definition) is 2. The Bertz CT molecular complexity index is 723. The van der Waals surface area contributed by atoms with Crippen LogP contribution in [0.5, 0.6) is 0 Å². The van der Waals surface area contributed by atoms with Crippen LogP contribution in [0.2, 0.25) is 0 Å². The summed E-state index contributed by atoms with van der Waals surface area (Å²) in [4.78, 5) is 13.6. The van der Waals surface area contributed by atoms with Crippen molar-refractivity contribution in [2.45, 2.75) is 13.5 Å². The first-order valence-electron chi connectivity index (χ1n) is 8.62. The Morgan fingerprint density at radius 2 is 1.96 bits per heavy atom. The first kappa shape index (κ1) is 20.4. The van der Waals surface area contributed by atoms with E-state index in [0.717, 1.165) is 43.2 Å². The maximum Gasteiger partial charge on any atom is 0.193 e. The molecule has 0 atom stereocenters. The average Bonchev–Trinajstić information content (AvgIpc) is 2.61. The van der Waals surface area contributed by atoms with Gasteiger partial charge in [0.05, 0.1) is 6.54 Å². The SMILES string of the molecule is Cc1cccc(NC(N)=NCc2ccc(N3CCN(C)CC3)nc2)c1.I. The summed E-state index contributed by atoms with van der Waals surface area (Å²) in [5, 5.41) is 3.11. The Morgan fingerprint density at radius 3 is 2.62 bits per heavy atom. The molecule has 26 heavy (non-hydrogen) atoms. The highest BCUT2D eigenvalue weighted by molar-refractivity contribution is 14.0. The lowest BCUT2D eigenvalue weighted by molar-refractivity contribution is 0.312. The van der Waals surface area contributed by atoms with Crippen molar-refractivity contribution in [3.05, 3.63) is 53.7 Å². The van der Waals surface area contributed by atoms with Gasteiger partial charge in [0.25, 0.3) is 0 Å². The number of anilines is 2. The van der Waals surface area contributed by atoms with E-state index in [1.807, 2.05) is 37.4 Å². The molecule has 6 nitrogen and oxygen atoms in total. The second-order valence-corrected chi connectivity index (χ2v) is 6.51. The molecule has 1 aliphatic heterocycles. The lowest BCUT2D eigenvalue weighted by Crippen LogP contribution is -2.44. The molecule has 140 valence electrons. The van der Waals surface area contributed by atoms with Crippen LogP contribution in [-0.2, 0) is 6.54 Å². The second-order valence-electron chi connectivity index (χ2n) is 6.51. The molecule has 1 fully saturated rings. The van der Waals surface area contributed by atoms with Crippen LogP contribution in [0.25, 0.3) is 0 Å². The van der Waals surface area contributed by atoms with E-state index in [1.54, 1.807) is 0 Å². The van der Waals surface area contributed by atoms with E-state index in [2.05, 4.69) is 44.3 Å². The molecule has 0 saturated carbocycles. The molecular weight excluding hydrogens is 439 g/mol. The molecule has 0 bridgehead atoms. The largest absolute Gasteiger partial charge is 0.370 e. The molecule has 3 rings (SSSR count). The molecule has 0 unspecified atom stereocenters. The van der Waals surface area contributed by atoms with Crippen molar-refractivity contribution >= 4 is 41.4 Å². The summed E-state index contributed by atoms with van der Waals surface area (Å²) >= 11 is 0. The molecule has 0 spiro atoms. The predicted octanol–water partition coefficient (Wildman–Crippen LogP) is 2.69. The first-order valence-corrected chi connectivity index (χ1v) is 8.62. The number of guanidine groups is 1. The Morgan fingerprint density at radius 1 is 1.19 bits per heavy atom. The molecule has 1 aliphatic rings. The minimum absolute atomic E-state index is 0. The van der Waals surface area contributed by atoms with Crippen LogP contribution < -0.4 is 16.0 Å². The molecular formula is C19H27IN6. The summed E-state index contributed by atoms with van der Waals surface area (Å²) < 4.78 is 0. The van der Waals surface area contributed by atoms with Gasteiger partial charge >= 0.3 is 0 Å². The van der Waals surface area contributed by atoms with Gasteiger partial charge in [-0.05, 0) is 43.3 Å². The van der Waals surface area contributed by atoms with E-state index < -0.39 is 0 Å². The molecule has 7 heteroatoms. The number of aromatic nitrogens is 1. The number of rotatable bonds is 4. The van der Waals surface area contributed by atoms with Gasteiger partial charge in [0.1, 0.15) is 5.82 Å². The van der Waals surface area contributed by atoms with Crippen molar-refractivity contribution < 1.29 is 0 Å². The number of benzene rings is 1. The Kier molecular flexibility index (Phi) is 7.65. The van der Waals surface area contributed by atoms with E-state index in [-0.39, 0.29) is 24.0 Å². The van der Waals surface area contributed by atoms with Crippen molar-refractivity contribution in [3.63, 3.8) is 0 Å². The van der Waals surface area contributed by atoms with Crippen molar-refractivity contribution in [1.29, 1.82) is 0 Å². The zero-order valence-electron chi connectivity index (χ0n) is 15.4. The van der Waals surface area contributed by atoms with Gasteiger partial charge in [0, 0.05) is 38.1 Å². The maximum atomic E-state index is 5.97. The Balaban J connectivity index is 0.00000243. The van der Waals surface area contributed by atoms with Gasteiger partial charge in [-0.25, -0.2) is 9.98 Å². The Labute approximate surface area is 172 Å². The van der Waals surface area contributed by atoms with Gasteiger partial charge in [-0.3, -0.25) is 0 Å². The summed E-state index contributed by atoms with van der Waals surface area (Å²) in [5.41, 5.74) is 9.15. The summed E-state index contributed by atoms with van der Waals surface area (Å²) in [7, 11) is 2.15. The fourth-order valence-corrected chi connectivity index (χ4v) is 2.82. The number of aryl methyl sites for hydroxylation is 1. The van der Waals surface area contributed by atoms with Gasteiger partial charge in [-0.2, -0.15) is 0 Å². The number of likely N-dealkylation sites (N-methyl/N-ethyl adjacent to an activating group) is 1. The number of aliphatic imine (C=N–C) groups is 1. The molecule has 3 N–H and O–H groups in total. The van der Waals surface area contributed by atoms with E-state index >= 15 is 0 Å². The zero-order valence-corrected chi connectivity index (χ0v) is 17.7. The van der Waals surface area contributed by atoms with Crippen molar-refractivity contribution in [3.8, 4) is 0 Å². The smallest absolute Gasteiger partial charge is 0.193 e. The molecule has 1 saturated heterocycles. The van der Waals surface area contributed by atoms with Crippen LogP contribution in [0.1, 0.15) is 11.1 Å². The van der Waals surface area contributed by atoms with E-state index in [0.29, 0.717) is 12.5 Å². The van der Waals surface area contributed by atoms with Gasteiger partial charge < -0.3 is 20.9 Å². The summed E-state index contributed by atoms with van der Waals surface area (Å²) in [6, 6.07) is 12.2. The monoisotopic (exact) mass is 466 g/mol. The van der Waals surface area contributed by atoms with E-state index in [4.69, 9.17) is 5.73 Å². The molecule has 0 radical (unpaired) electrons. The number of pyridine rings is 1. The molecule has 0 amide bonds. The van der Waals surface area contributed by atoms with E-state index in [1.165, 1.54) is 5.56 Å². The minimum atomic E-state index is 0. The van der Waals surface area contributed by atoms with Crippen LogP contribution in [0.3, 0.4) is 0 Å². The fourth-order valence-electron chi connectivity index (χ4n) is 2.82. The molecule has 0 aliphatic carbocycles. The summed E-state index contributed by atoms with van der Waals surface area (Å²) in [5.74, 6) is 1.44. The molecule has 2 heterocycles.